The summed E-state index contributed by atoms with van der Waals surface area (Å²) in [5, 5.41) is 11.6. The smallest absolute Gasteiger partial charge is 0.293 e. The molecule has 1 amide bonds. The molecule has 0 fully saturated rings. The van der Waals surface area contributed by atoms with Crippen molar-refractivity contribution in [3.05, 3.63) is 18.2 Å². The number of aliphatic hydroxyl groups is 1. The molecule has 1 heterocycles. The molecule has 0 aromatic heterocycles. The fraction of sp³-hybridized carbons (Fsp3) is 0.222. The molecular formula is C9H9NO4. The Morgan fingerprint density at radius 3 is 3.07 bits per heavy atom. The zero-order valence-corrected chi connectivity index (χ0v) is 7.48. The molecule has 0 saturated carbocycles. The summed E-state index contributed by atoms with van der Waals surface area (Å²) in [6.45, 7) is 0. The number of hydrogen-bond donors (Lipinski definition) is 2. The molecule has 0 spiro atoms. The van der Waals surface area contributed by atoms with Gasteiger partial charge in [-0.25, -0.2) is 0 Å². The molecule has 14 heavy (non-hydrogen) atoms. The van der Waals surface area contributed by atoms with E-state index in [4.69, 9.17) is 14.6 Å². The Labute approximate surface area is 80.3 Å². The number of carbonyl (C=O) groups is 1. The number of ether oxygens (including phenoxy) is 2. The van der Waals surface area contributed by atoms with Gasteiger partial charge in [0.15, 0.2) is 5.75 Å². The first-order valence-electron chi connectivity index (χ1n) is 4.04. The molecule has 1 aliphatic heterocycles. The van der Waals surface area contributed by atoms with E-state index in [1.54, 1.807) is 18.2 Å². The van der Waals surface area contributed by atoms with E-state index in [0.717, 1.165) is 0 Å². The molecule has 0 aliphatic carbocycles. The van der Waals surface area contributed by atoms with Crippen LogP contribution in [0, 0.1) is 0 Å². The van der Waals surface area contributed by atoms with Gasteiger partial charge >= 0.3 is 0 Å². The third-order valence-corrected chi connectivity index (χ3v) is 1.91. The number of anilines is 1. The maximum atomic E-state index is 11.0. The van der Waals surface area contributed by atoms with Gasteiger partial charge in [0.1, 0.15) is 5.75 Å². The molecule has 2 rings (SSSR count). The maximum absolute atomic E-state index is 11.0. The highest BCUT2D eigenvalue weighted by atomic mass is 16.6. The number of amides is 1. The molecule has 1 aromatic rings. The Balaban J connectivity index is 2.37. The number of rotatable bonds is 1. The van der Waals surface area contributed by atoms with Gasteiger partial charge in [0.2, 0.25) is 0 Å². The summed E-state index contributed by atoms with van der Waals surface area (Å²) in [5.74, 6) is 0.436. The quantitative estimate of drug-likeness (QED) is 0.678. The lowest BCUT2D eigenvalue weighted by Gasteiger charge is -2.22. The second-order valence-corrected chi connectivity index (χ2v) is 2.82. The van der Waals surface area contributed by atoms with Crippen LogP contribution >= 0.6 is 0 Å². The topological polar surface area (TPSA) is 67.8 Å². The Kier molecular flexibility index (Phi) is 2.01. The number of benzene rings is 1. The van der Waals surface area contributed by atoms with Gasteiger partial charge in [-0.1, -0.05) is 0 Å². The van der Waals surface area contributed by atoms with Gasteiger partial charge in [0, 0.05) is 6.07 Å². The summed E-state index contributed by atoms with van der Waals surface area (Å²) in [7, 11) is 1.53. The van der Waals surface area contributed by atoms with Gasteiger partial charge in [0.25, 0.3) is 12.2 Å². The van der Waals surface area contributed by atoms with Crippen molar-refractivity contribution in [1.82, 2.24) is 0 Å². The Hall–Kier alpha value is -1.75. The molecule has 5 nitrogen and oxygen atoms in total. The Morgan fingerprint density at radius 1 is 1.57 bits per heavy atom. The van der Waals surface area contributed by atoms with Crippen molar-refractivity contribution < 1.29 is 19.4 Å². The van der Waals surface area contributed by atoms with Crippen molar-refractivity contribution in [2.45, 2.75) is 6.29 Å². The molecule has 74 valence electrons. The number of carbonyl (C=O) groups excluding carboxylic acids is 1. The largest absolute Gasteiger partial charge is 0.497 e. The zero-order valence-electron chi connectivity index (χ0n) is 7.48. The molecule has 0 unspecified atom stereocenters. The van der Waals surface area contributed by atoms with E-state index in [2.05, 4.69) is 5.32 Å². The average molecular weight is 195 g/mol. The highest BCUT2D eigenvalue weighted by Gasteiger charge is 2.25. The van der Waals surface area contributed by atoms with E-state index in [-0.39, 0.29) is 0 Å². The molecule has 5 heteroatoms. The van der Waals surface area contributed by atoms with Crippen molar-refractivity contribution in [3.8, 4) is 11.5 Å². The molecule has 1 aliphatic rings. The molecule has 0 radical (unpaired) electrons. The van der Waals surface area contributed by atoms with E-state index < -0.39 is 12.2 Å². The van der Waals surface area contributed by atoms with E-state index in [1.165, 1.54) is 7.11 Å². The third-order valence-electron chi connectivity index (χ3n) is 1.91. The SMILES string of the molecule is COc1ccc2c(c1)O[C@H](O)C(=O)N2. The molecule has 1 atom stereocenters. The van der Waals surface area contributed by atoms with Gasteiger partial charge in [-0.05, 0) is 12.1 Å². The van der Waals surface area contributed by atoms with Crippen molar-refractivity contribution in [3.63, 3.8) is 0 Å². The predicted octanol–water partition coefficient (Wildman–Crippen LogP) is 0.344. The molecule has 0 saturated heterocycles. The molecule has 0 bridgehead atoms. The fourth-order valence-electron chi connectivity index (χ4n) is 1.20. The third kappa shape index (κ3) is 1.38. The number of methoxy groups -OCH3 is 1. The molecule has 1 aromatic carbocycles. The van der Waals surface area contributed by atoms with Crippen LogP contribution in [0.1, 0.15) is 0 Å². The highest BCUT2D eigenvalue weighted by molar-refractivity contribution is 5.96. The summed E-state index contributed by atoms with van der Waals surface area (Å²) in [6.07, 6.45) is -1.45. The van der Waals surface area contributed by atoms with Crippen molar-refractivity contribution in [2.75, 3.05) is 12.4 Å². The summed E-state index contributed by atoms with van der Waals surface area (Å²) < 4.78 is 9.92. The minimum atomic E-state index is -1.45. The van der Waals surface area contributed by atoms with Gasteiger partial charge in [0.05, 0.1) is 12.8 Å². The predicted molar refractivity (Wildman–Crippen MR) is 48.3 cm³/mol. The van der Waals surface area contributed by atoms with E-state index in [0.29, 0.717) is 17.2 Å². The van der Waals surface area contributed by atoms with E-state index in [9.17, 15) is 4.79 Å². The first-order valence-corrected chi connectivity index (χ1v) is 4.04. The highest BCUT2D eigenvalue weighted by Crippen LogP contribution is 2.32. The number of fused-ring (bicyclic) bond motifs is 1. The fourth-order valence-corrected chi connectivity index (χ4v) is 1.20. The monoisotopic (exact) mass is 195 g/mol. The first kappa shape index (κ1) is 8.83. The van der Waals surface area contributed by atoms with Crippen LogP contribution in [-0.2, 0) is 4.79 Å². The average Bonchev–Trinajstić information content (AvgIpc) is 2.19. The van der Waals surface area contributed by atoms with Crippen molar-refractivity contribution in [2.24, 2.45) is 0 Å². The summed E-state index contributed by atoms with van der Waals surface area (Å²) in [5.41, 5.74) is 0.529. The number of nitrogens with one attached hydrogen (secondary N) is 1. The van der Waals surface area contributed by atoms with Crippen LogP contribution in [0.4, 0.5) is 5.69 Å². The lowest BCUT2D eigenvalue weighted by atomic mass is 10.2. The van der Waals surface area contributed by atoms with Crippen LogP contribution in [0.5, 0.6) is 11.5 Å². The number of hydrogen-bond acceptors (Lipinski definition) is 4. The van der Waals surface area contributed by atoms with Crippen molar-refractivity contribution >= 4 is 11.6 Å². The summed E-state index contributed by atoms with van der Waals surface area (Å²) in [4.78, 5) is 11.0. The van der Waals surface area contributed by atoms with E-state index >= 15 is 0 Å². The maximum Gasteiger partial charge on any atom is 0.293 e. The van der Waals surface area contributed by atoms with Gasteiger partial charge < -0.3 is 19.9 Å². The Bertz CT molecular complexity index is 377. The number of aliphatic hydroxyl groups excluding tert-OH is 1. The lowest BCUT2D eigenvalue weighted by molar-refractivity contribution is -0.139. The van der Waals surface area contributed by atoms with Crippen LogP contribution in [0.15, 0.2) is 18.2 Å². The lowest BCUT2D eigenvalue weighted by Crippen LogP contribution is -2.36. The molecular weight excluding hydrogens is 186 g/mol. The minimum absolute atomic E-state index is 0.399. The van der Waals surface area contributed by atoms with Gasteiger partial charge in [-0.2, -0.15) is 0 Å². The second kappa shape index (κ2) is 3.19. The van der Waals surface area contributed by atoms with Crippen LogP contribution in [0.25, 0.3) is 0 Å². The van der Waals surface area contributed by atoms with Crippen LogP contribution < -0.4 is 14.8 Å². The first-order chi connectivity index (χ1) is 6.70. The standard InChI is InChI=1S/C9H9NO4/c1-13-5-2-3-6-7(4-5)14-9(12)8(11)10-6/h2-4,9,12H,1H3,(H,10,11)/t9-/m0/s1. The minimum Gasteiger partial charge on any atom is -0.497 e. The molecule has 2 N–H and O–H groups in total. The van der Waals surface area contributed by atoms with Crippen LogP contribution in [-0.4, -0.2) is 24.4 Å². The van der Waals surface area contributed by atoms with Gasteiger partial charge in [-0.15, -0.1) is 0 Å². The normalized spacial score (nSPS) is 19.3. The van der Waals surface area contributed by atoms with Crippen LogP contribution in [0.2, 0.25) is 0 Å². The van der Waals surface area contributed by atoms with Crippen molar-refractivity contribution in [1.29, 1.82) is 0 Å². The Morgan fingerprint density at radius 2 is 2.36 bits per heavy atom. The van der Waals surface area contributed by atoms with Gasteiger partial charge in [-0.3, -0.25) is 4.79 Å². The second-order valence-electron chi connectivity index (χ2n) is 2.82. The van der Waals surface area contributed by atoms with E-state index in [1.807, 2.05) is 0 Å². The van der Waals surface area contributed by atoms with Crippen LogP contribution in [0.3, 0.4) is 0 Å². The summed E-state index contributed by atoms with van der Waals surface area (Å²) in [6, 6.07) is 4.94. The summed E-state index contributed by atoms with van der Waals surface area (Å²) >= 11 is 0. The zero-order chi connectivity index (χ0) is 10.1.